The lowest BCUT2D eigenvalue weighted by Crippen LogP contribution is -2.14. The van der Waals surface area contributed by atoms with E-state index in [0.717, 1.165) is 5.56 Å². The second kappa shape index (κ2) is 6.62. The smallest absolute Gasteiger partial charge is 0.269 e. The number of nitrogens with zero attached hydrogens (tertiary/aromatic N) is 1. The lowest BCUT2D eigenvalue weighted by molar-refractivity contribution is -0.384. The van der Waals surface area contributed by atoms with Gasteiger partial charge < -0.3 is 19.9 Å². The Balaban J connectivity index is 1.76. The molecule has 0 aliphatic heterocycles. The number of nitro benzene ring substituents is 1. The Bertz CT molecular complexity index is 1010. The molecule has 0 aliphatic carbocycles. The van der Waals surface area contributed by atoms with E-state index in [1.54, 1.807) is 12.1 Å². The van der Waals surface area contributed by atoms with Crippen molar-refractivity contribution in [1.82, 2.24) is 5.32 Å². The van der Waals surface area contributed by atoms with Gasteiger partial charge in [0.2, 0.25) is 0 Å². The highest BCUT2D eigenvalue weighted by atomic mass is 16.6. The van der Waals surface area contributed by atoms with Crippen molar-refractivity contribution in [2.24, 2.45) is 0 Å². The van der Waals surface area contributed by atoms with E-state index in [1.807, 2.05) is 0 Å². The van der Waals surface area contributed by atoms with Gasteiger partial charge in [-0.3, -0.25) is 14.9 Å². The van der Waals surface area contributed by atoms with Crippen LogP contribution in [-0.2, 0) is 13.1 Å². The van der Waals surface area contributed by atoms with Crippen LogP contribution < -0.4 is 10.7 Å². The minimum atomic E-state index is -0.512. The van der Waals surface area contributed by atoms with Crippen LogP contribution in [0.1, 0.15) is 11.3 Å². The number of phenols is 2. The number of aromatic hydroxyl groups is 2. The molecular formula is C17H14N2O6. The number of benzene rings is 2. The first-order chi connectivity index (χ1) is 12.0. The van der Waals surface area contributed by atoms with Gasteiger partial charge in [0.05, 0.1) is 11.5 Å². The summed E-state index contributed by atoms with van der Waals surface area (Å²) in [6, 6.07) is 10.1. The van der Waals surface area contributed by atoms with Crippen LogP contribution in [0.2, 0.25) is 0 Å². The zero-order valence-electron chi connectivity index (χ0n) is 12.9. The number of fused-ring (bicyclic) bond motifs is 1. The van der Waals surface area contributed by atoms with Crippen molar-refractivity contribution in [2.45, 2.75) is 13.1 Å². The average Bonchev–Trinajstić information content (AvgIpc) is 2.58. The maximum absolute atomic E-state index is 12.1. The maximum atomic E-state index is 12.1. The molecule has 1 aromatic heterocycles. The molecule has 1 heterocycles. The molecule has 0 fully saturated rings. The summed E-state index contributed by atoms with van der Waals surface area (Å²) in [5.41, 5.74) is 0.420. The van der Waals surface area contributed by atoms with Crippen molar-refractivity contribution >= 4 is 16.7 Å². The summed E-state index contributed by atoms with van der Waals surface area (Å²) in [5, 5.41) is 32.9. The molecule has 128 valence electrons. The van der Waals surface area contributed by atoms with Crippen LogP contribution in [0.25, 0.3) is 11.0 Å². The molecule has 0 amide bonds. The summed E-state index contributed by atoms with van der Waals surface area (Å²) in [6.07, 6.45) is 0. The molecule has 0 unspecified atom stereocenters. The van der Waals surface area contributed by atoms with Crippen molar-refractivity contribution in [3.8, 4) is 11.5 Å². The monoisotopic (exact) mass is 342 g/mol. The Morgan fingerprint density at radius 3 is 2.68 bits per heavy atom. The molecule has 0 saturated heterocycles. The standard InChI is InChI=1S/C17H14N2O6/c20-13-4-5-15-16(17(13)22)14(21)7-12(25-15)9-18-8-10-2-1-3-11(6-10)19(23)24/h1-7,18,20,22H,8-9H2. The minimum Gasteiger partial charge on any atom is -0.504 e. The summed E-state index contributed by atoms with van der Waals surface area (Å²) in [7, 11) is 0. The predicted molar refractivity (Wildman–Crippen MR) is 89.5 cm³/mol. The number of nitrogens with one attached hydrogen (secondary N) is 1. The van der Waals surface area contributed by atoms with Crippen molar-refractivity contribution in [3.63, 3.8) is 0 Å². The zero-order valence-corrected chi connectivity index (χ0v) is 12.9. The molecule has 3 rings (SSSR count). The first-order valence-electron chi connectivity index (χ1n) is 7.37. The third kappa shape index (κ3) is 3.43. The second-order valence-electron chi connectivity index (χ2n) is 5.41. The summed E-state index contributed by atoms with van der Waals surface area (Å²) in [4.78, 5) is 22.4. The van der Waals surface area contributed by atoms with E-state index < -0.39 is 21.9 Å². The molecule has 0 saturated carbocycles. The Labute approximate surface area is 141 Å². The van der Waals surface area contributed by atoms with Gasteiger partial charge in [0.1, 0.15) is 16.7 Å². The van der Waals surface area contributed by atoms with Crippen LogP contribution in [0.3, 0.4) is 0 Å². The SMILES string of the molecule is O=c1cc(CNCc2cccc([N+](=O)[O-])c2)oc2ccc(O)c(O)c12. The third-order valence-corrected chi connectivity index (χ3v) is 3.65. The molecule has 0 aliphatic rings. The number of phenolic OH excluding ortho intramolecular Hbond substituents is 2. The minimum absolute atomic E-state index is 0.00631. The van der Waals surface area contributed by atoms with Crippen LogP contribution in [0.5, 0.6) is 11.5 Å². The van der Waals surface area contributed by atoms with Gasteiger partial charge in [-0.1, -0.05) is 12.1 Å². The average molecular weight is 342 g/mol. The highest BCUT2D eigenvalue weighted by Crippen LogP contribution is 2.31. The highest BCUT2D eigenvalue weighted by Gasteiger charge is 2.12. The van der Waals surface area contributed by atoms with Gasteiger partial charge in [0.25, 0.3) is 5.69 Å². The molecule has 3 N–H and O–H groups in total. The molecule has 8 heteroatoms. The van der Waals surface area contributed by atoms with Gasteiger partial charge >= 0.3 is 0 Å². The second-order valence-corrected chi connectivity index (χ2v) is 5.41. The van der Waals surface area contributed by atoms with Crippen LogP contribution in [0.15, 0.2) is 51.7 Å². The van der Waals surface area contributed by atoms with Crippen LogP contribution in [-0.4, -0.2) is 15.1 Å². The third-order valence-electron chi connectivity index (χ3n) is 3.65. The molecule has 0 spiro atoms. The lowest BCUT2D eigenvalue weighted by atomic mass is 10.2. The Morgan fingerprint density at radius 1 is 1.12 bits per heavy atom. The summed E-state index contributed by atoms with van der Waals surface area (Å²) in [5.74, 6) is -0.563. The van der Waals surface area contributed by atoms with Crippen molar-refractivity contribution in [1.29, 1.82) is 0 Å². The molecule has 0 bridgehead atoms. The number of rotatable bonds is 5. The zero-order chi connectivity index (χ0) is 18.0. The van der Waals surface area contributed by atoms with Crippen LogP contribution in [0.4, 0.5) is 5.69 Å². The van der Waals surface area contributed by atoms with E-state index in [4.69, 9.17) is 4.42 Å². The molecule has 25 heavy (non-hydrogen) atoms. The molecule has 3 aromatic rings. The van der Waals surface area contributed by atoms with Gasteiger partial charge in [-0.15, -0.1) is 0 Å². The van der Waals surface area contributed by atoms with Crippen LogP contribution in [0, 0.1) is 10.1 Å². The topological polar surface area (TPSA) is 126 Å². The normalized spacial score (nSPS) is 10.9. The van der Waals surface area contributed by atoms with Crippen molar-refractivity contribution < 1.29 is 19.6 Å². The Kier molecular flexibility index (Phi) is 4.36. The van der Waals surface area contributed by atoms with E-state index in [2.05, 4.69) is 5.32 Å². The van der Waals surface area contributed by atoms with Gasteiger partial charge in [0, 0.05) is 24.7 Å². The maximum Gasteiger partial charge on any atom is 0.269 e. The molecule has 0 radical (unpaired) electrons. The van der Waals surface area contributed by atoms with Crippen molar-refractivity contribution in [3.05, 3.63) is 74.1 Å². The van der Waals surface area contributed by atoms with Gasteiger partial charge in [-0.2, -0.15) is 0 Å². The Hall–Kier alpha value is -3.39. The van der Waals surface area contributed by atoms with Gasteiger partial charge in [-0.05, 0) is 17.7 Å². The summed E-state index contributed by atoms with van der Waals surface area (Å²) >= 11 is 0. The van der Waals surface area contributed by atoms with E-state index in [0.29, 0.717) is 12.3 Å². The highest BCUT2D eigenvalue weighted by molar-refractivity contribution is 5.85. The number of hydrogen-bond donors (Lipinski definition) is 3. The summed E-state index contributed by atoms with van der Waals surface area (Å²) < 4.78 is 5.54. The number of hydrogen-bond acceptors (Lipinski definition) is 7. The van der Waals surface area contributed by atoms with Gasteiger partial charge in [-0.25, -0.2) is 0 Å². The molecule has 8 nitrogen and oxygen atoms in total. The number of nitro groups is 1. The molecular weight excluding hydrogens is 328 g/mol. The van der Waals surface area contributed by atoms with E-state index in [9.17, 15) is 25.1 Å². The molecule has 2 aromatic carbocycles. The fraction of sp³-hybridized carbons (Fsp3) is 0.118. The fourth-order valence-electron chi connectivity index (χ4n) is 2.47. The summed E-state index contributed by atoms with van der Waals surface area (Å²) in [6.45, 7) is 0.569. The van der Waals surface area contributed by atoms with E-state index in [-0.39, 0.29) is 23.2 Å². The van der Waals surface area contributed by atoms with Gasteiger partial charge in [0.15, 0.2) is 16.9 Å². The van der Waals surface area contributed by atoms with Crippen LogP contribution >= 0.6 is 0 Å². The largest absolute Gasteiger partial charge is 0.504 e. The number of non-ortho nitro benzene ring substituents is 1. The van der Waals surface area contributed by atoms with E-state index >= 15 is 0 Å². The quantitative estimate of drug-likeness (QED) is 0.369. The van der Waals surface area contributed by atoms with E-state index in [1.165, 1.54) is 30.3 Å². The predicted octanol–water partition coefficient (Wildman–Crippen LogP) is 2.40. The Morgan fingerprint density at radius 2 is 1.92 bits per heavy atom. The first kappa shape index (κ1) is 16.5. The lowest BCUT2D eigenvalue weighted by Gasteiger charge is -2.07. The first-order valence-corrected chi connectivity index (χ1v) is 7.37. The molecule has 0 atom stereocenters. The van der Waals surface area contributed by atoms with Crippen molar-refractivity contribution in [2.75, 3.05) is 0 Å². The fourth-order valence-corrected chi connectivity index (χ4v) is 2.47.